The molecule has 4 heteroatoms. The third-order valence-electron chi connectivity index (χ3n) is 5.56. The van der Waals surface area contributed by atoms with Gasteiger partial charge in [-0.1, -0.05) is 124 Å². The van der Waals surface area contributed by atoms with Gasteiger partial charge in [-0.15, -0.1) is 0 Å². The van der Waals surface area contributed by atoms with Crippen LogP contribution in [0.5, 0.6) is 0 Å². The first-order chi connectivity index (χ1) is 13.6. The van der Waals surface area contributed by atoms with E-state index in [4.69, 9.17) is 10.9 Å². The van der Waals surface area contributed by atoms with Gasteiger partial charge in [-0.3, -0.25) is 16.1 Å². The van der Waals surface area contributed by atoms with Gasteiger partial charge in [-0.25, -0.2) is 0 Å². The molecule has 0 rings (SSSR count). The fourth-order valence-electron chi connectivity index (χ4n) is 3.39. The zero-order valence-electron chi connectivity index (χ0n) is 19.4. The summed E-state index contributed by atoms with van der Waals surface area (Å²) in [4.78, 5) is 10.3. The molecular weight excluding hydrogens is 348 g/mol. The molecule has 0 spiro atoms. The lowest BCUT2D eigenvalue weighted by atomic mass is 10.0. The van der Waals surface area contributed by atoms with E-state index in [9.17, 15) is 4.79 Å². The van der Waals surface area contributed by atoms with Crippen LogP contribution in [0.15, 0.2) is 0 Å². The molecule has 0 aliphatic heterocycles. The molecule has 170 valence electrons. The molecule has 0 aliphatic carbocycles. The number of nitrogens with two attached hydrogens (primary N) is 1. The molecule has 0 saturated carbocycles. The fourth-order valence-corrected chi connectivity index (χ4v) is 3.39. The van der Waals surface area contributed by atoms with E-state index >= 15 is 0 Å². The van der Waals surface area contributed by atoms with Gasteiger partial charge in [-0.05, 0) is 12.3 Å². The minimum Gasteiger partial charge on any atom is -0.481 e. The number of unbranched alkanes of at least 4 members (excludes halogenated alkanes) is 14. The minimum absolute atomic E-state index is 0.345. The Kier molecular flexibility index (Phi) is 27.9. The standard InChI is InChI=1S/C18H36O2.C6H16N2/c1-2-3-4-5-6-7-8-9-10-11-12-13-14-15-16-17-18(19)20;1-3-6(4-2)5-8-7/h2-17H2,1H3,(H,19,20);6,8H,3-5,7H2,1-2H3. The van der Waals surface area contributed by atoms with Crippen LogP contribution in [-0.4, -0.2) is 17.6 Å². The molecule has 4 nitrogen and oxygen atoms in total. The molecule has 28 heavy (non-hydrogen) atoms. The zero-order chi connectivity index (χ0) is 21.3. The lowest BCUT2D eigenvalue weighted by molar-refractivity contribution is -0.137. The number of carboxylic acids is 1. The van der Waals surface area contributed by atoms with Gasteiger partial charge in [0, 0.05) is 13.0 Å². The van der Waals surface area contributed by atoms with E-state index in [1.807, 2.05) is 0 Å². The van der Waals surface area contributed by atoms with Gasteiger partial charge in [0.2, 0.25) is 0 Å². The zero-order valence-corrected chi connectivity index (χ0v) is 19.4. The number of nitrogens with one attached hydrogen (secondary N) is 1. The van der Waals surface area contributed by atoms with Crippen LogP contribution in [0.3, 0.4) is 0 Å². The monoisotopic (exact) mass is 400 g/mol. The average Bonchev–Trinajstić information content (AvgIpc) is 2.69. The number of rotatable bonds is 20. The van der Waals surface area contributed by atoms with E-state index in [-0.39, 0.29) is 0 Å². The van der Waals surface area contributed by atoms with E-state index in [0.29, 0.717) is 6.42 Å². The maximum absolute atomic E-state index is 10.3. The number of hydrazine groups is 1. The van der Waals surface area contributed by atoms with Crippen molar-refractivity contribution in [3.05, 3.63) is 0 Å². The van der Waals surface area contributed by atoms with Crippen molar-refractivity contribution in [2.45, 2.75) is 136 Å². The Balaban J connectivity index is 0. The van der Waals surface area contributed by atoms with Gasteiger partial charge in [0.25, 0.3) is 0 Å². The van der Waals surface area contributed by atoms with Crippen molar-refractivity contribution in [3.63, 3.8) is 0 Å². The topological polar surface area (TPSA) is 75.3 Å². The highest BCUT2D eigenvalue weighted by Crippen LogP contribution is 2.13. The molecule has 0 heterocycles. The lowest BCUT2D eigenvalue weighted by Gasteiger charge is -2.09. The van der Waals surface area contributed by atoms with Crippen LogP contribution in [0.25, 0.3) is 0 Å². The van der Waals surface area contributed by atoms with Crippen LogP contribution in [0.4, 0.5) is 0 Å². The lowest BCUT2D eigenvalue weighted by Crippen LogP contribution is -2.28. The highest BCUT2D eigenvalue weighted by Gasteiger charge is 1.99. The molecular formula is C24H52N2O2. The van der Waals surface area contributed by atoms with Gasteiger partial charge in [0.1, 0.15) is 0 Å². The largest absolute Gasteiger partial charge is 0.481 e. The van der Waals surface area contributed by atoms with Crippen LogP contribution < -0.4 is 11.3 Å². The van der Waals surface area contributed by atoms with E-state index in [2.05, 4.69) is 26.2 Å². The predicted molar refractivity (Wildman–Crippen MR) is 123 cm³/mol. The predicted octanol–water partition coefficient (Wildman–Crippen LogP) is 7.22. The van der Waals surface area contributed by atoms with Crippen molar-refractivity contribution in [1.82, 2.24) is 5.43 Å². The third-order valence-corrected chi connectivity index (χ3v) is 5.56. The van der Waals surface area contributed by atoms with E-state index in [1.165, 1.54) is 96.3 Å². The van der Waals surface area contributed by atoms with Gasteiger partial charge >= 0.3 is 5.97 Å². The van der Waals surface area contributed by atoms with Crippen molar-refractivity contribution in [3.8, 4) is 0 Å². The summed E-state index contributed by atoms with van der Waals surface area (Å²) in [7, 11) is 0. The first-order valence-corrected chi connectivity index (χ1v) is 12.3. The molecule has 0 fully saturated rings. The molecule has 0 radical (unpaired) electrons. The molecule has 0 atom stereocenters. The van der Waals surface area contributed by atoms with Crippen molar-refractivity contribution < 1.29 is 9.90 Å². The van der Waals surface area contributed by atoms with E-state index < -0.39 is 5.97 Å². The Morgan fingerprint density at radius 3 is 1.32 bits per heavy atom. The van der Waals surface area contributed by atoms with Crippen LogP contribution in [0.1, 0.15) is 136 Å². The molecule has 0 bridgehead atoms. The quantitative estimate of drug-likeness (QED) is 0.114. The molecule has 0 aliphatic rings. The number of aliphatic carboxylic acids is 1. The summed E-state index contributed by atoms with van der Waals surface area (Å²) in [6.07, 6.45) is 22.6. The van der Waals surface area contributed by atoms with Crippen LogP contribution in [0.2, 0.25) is 0 Å². The van der Waals surface area contributed by atoms with Crippen LogP contribution in [-0.2, 0) is 4.79 Å². The molecule has 0 saturated heterocycles. The van der Waals surface area contributed by atoms with Crippen molar-refractivity contribution in [2.24, 2.45) is 11.8 Å². The summed E-state index contributed by atoms with van der Waals surface area (Å²) in [5.41, 5.74) is 2.67. The first kappa shape index (κ1) is 29.6. The van der Waals surface area contributed by atoms with Gasteiger partial charge in [-0.2, -0.15) is 0 Å². The fraction of sp³-hybridized carbons (Fsp3) is 0.958. The summed E-state index contributed by atoms with van der Waals surface area (Å²) in [5, 5.41) is 8.52. The smallest absolute Gasteiger partial charge is 0.303 e. The molecule has 0 unspecified atom stereocenters. The number of carboxylic acid groups (broad SMARTS) is 1. The summed E-state index contributed by atoms with van der Waals surface area (Å²) >= 11 is 0. The second kappa shape index (κ2) is 26.4. The summed E-state index contributed by atoms with van der Waals surface area (Å²) in [5.74, 6) is 5.24. The molecule has 0 aromatic heterocycles. The number of carbonyl (C=O) groups is 1. The highest BCUT2D eigenvalue weighted by molar-refractivity contribution is 5.66. The second-order valence-corrected chi connectivity index (χ2v) is 8.18. The summed E-state index contributed by atoms with van der Waals surface area (Å²) < 4.78 is 0. The van der Waals surface area contributed by atoms with E-state index in [1.54, 1.807) is 0 Å². The number of hydrogen-bond acceptors (Lipinski definition) is 3. The number of hydrogen-bond donors (Lipinski definition) is 3. The second-order valence-electron chi connectivity index (χ2n) is 8.18. The van der Waals surface area contributed by atoms with E-state index in [0.717, 1.165) is 25.3 Å². The van der Waals surface area contributed by atoms with Crippen molar-refractivity contribution in [1.29, 1.82) is 0 Å². The maximum Gasteiger partial charge on any atom is 0.303 e. The Labute approximate surface area is 176 Å². The summed E-state index contributed by atoms with van der Waals surface area (Å²) in [6.45, 7) is 7.59. The Hall–Kier alpha value is -0.610. The average molecular weight is 401 g/mol. The molecule has 0 aromatic carbocycles. The third kappa shape index (κ3) is 27.6. The molecule has 4 N–H and O–H groups in total. The SMILES string of the molecule is CCC(CC)CNN.CCCCCCCCCCCCCCCCCC(=O)O. The van der Waals surface area contributed by atoms with Crippen molar-refractivity contribution in [2.75, 3.05) is 6.54 Å². The first-order valence-electron chi connectivity index (χ1n) is 12.3. The normalized spacial score (nSPS) is 10.8. The van der Waals surface area contributed by atoms with Gasteiger partial charge < -0.3 is 5.11 Å². The van der Waals surface area contributed by atoms with Crippen LogP contribution in [0, 0.1) is 5.92 Å². The highest BCUT2D eigenvalue weighted by atomic mass is 16.4. The van der Waals surface area contributed by atoms with Crippen LogP contribution >= 0.6 is 0 Å². The molecule has 0 aromatic rings. The molecule has 0 amide bonds. The maximum atomic E-state index is 10.3. The minimum atomic E-state index is -0.653. The Morgan fingerprint density at radius 1 is 0.714 bits per heavy atom. The van der Waals surface area contributed by atoms with Crippen molar-refractivity contribution >= 4 is 5.97 Å². The van der Waals surface area contributed by atoms with Gasteiger partial charge in [0.15, 0.2) is 0 Å². The Bertz CT molecular complexity index is 294. The van der Waals surface area contributed by atoms with Gasteiger partial charge in [0.05, 0.1) is 0 Å². The Morgan fingerprint density at radius 2 is 1.07 bits per heavy atom. The summed E-state index contributed by atoms with van der Waals surface area (Å²) in [6, 6.07) is 0.